The van der Waals surface area contributed by atoms with Crippen molar-refractivity contribution in [3.05, 3.63) is 112 Å². The van der Waals surface area contributed by atoms with Crippen LogP contribution in [0, 0.1) is 11.3 Å². The monoisotopic (exact) mass is 472 g/mol. The SMILES string of the molecule is N#C/C(=C\c1ccc(OCc2cccc3ccccc23)cc1)C(=O)Nc1ccc(Cl)c(Cl)c1. The van der Waals surface area contributed by atoms with Crippen LogP contribution in [0.3, 0.4) is 0 Å². The van der Waals surface area contributed by atoms with Gasteiger partial charge in [0.05, 0.1) is 10.0 Å². The van der Waals surface area contributed by atoms with Gasteiger partial charge in [0, 0.05) is 5.69 Å². The van der Waals surface area contributed by atoms with Crippen LogP contribution in [0.5, 0.6) is 5.75 Å². The number of carbonyl (C=O) groups excluding carboxylic acids is 1. The average Bonchev–Trinajstić information content (AvgIpc) is 2.84. The molecule has 6 heteroatoms. The van der Waals surface area contributed by atoms with Crippen molar-refractivity contribution in [1.82, 2.24) is 0 Å². The number of fused-ring (bicyclic) bond motifs is 1. The van der Waals surface area contributed by atoms with Crippen molar-refractivity contribution >= 4 is 51.6 Å². The lowest BCUT2D eigenvalue weighted by atomic mass is 10.1. The molecule has 0 atom stereocenters. The lowest BCUT2D eigenvalue weighted by molar-refractivity contribution is -0.112. The van der Waals surface area contributed by atoms with E-state index in [-0.39, 0.29) is 5.57 Å². The van der Waals surface area contributed by atoms with Gasteiger partial charge in [-0.3, -0.25) is 4.79 Å². The van der Waals surface area contributed by atoms with Gasteiger partial charge in [0.25, 0.3) is 5.91 Å². The Bertz CT molecular complexity index is 1380. The number of ether oxygens (including phenoxy) is 1. The number of anilines is 1. The number of rotatable bonds is 6. The minimum atomic E-state index is -0.535. The molecule has 0 spiro atoms. The predicted octanol–water partition coefficient (Wildman–Crippen LogP) is 7.27. The molecule has 33 heavy (non-hydrogen) atoms. The zero-order chi connectivity index (χ0) is 23.2. The van der Waals surface area contributed by atoms with E-state index in [9.17, 15) is 10.1 Å². The summed E-state index contributed by atoms with van der Waals surface area (Å²) in [7, 11) is 0. The summed E-state index contributed by atoms with van der Waals surface area (Å²) >= 11 is 11.9. The van der Waals surface area contributed by atoms with Gasteiger partial charge in [-0.05, 0) is 58.3 Å². The molecule has 4 rings (SSSR count). The topological polar surface area (TPSA) is 62.1 Å². The molecule has 162 valence electrons. The van der Waals surface area contributed by atoms with Gasteiger partial charge in [-0.2, -0.15) is 5.26 Å². The summed E-state index contributed by atoms with van der Waals surface area (Å²) in [4.78, 5) is 12.5. The van der Waals surface area contributed by atoms with Crippen molar-refractivity contribution in [2.75, 3.05) is 5.32 Å². The van der Waals surface area contributed by atoms with Gasteiger partial charge in [-0.15, -0.1) is 0 Å². The third-order valence-corrected chi connectivity index (χ3v) is 5.75. The molecule has 1 N–H and O–H groups in total. The van der Waals surface area contributed by atoms with Crippen LogP contribution in [-0.4, -0.2) is 5.91 Å². The van der Waals surface area contributed by atoms with Gasteiger partial charge >= 0.3 is 0 Å². The van der Waals surface area contributed by atoms with E-state index < -0.39 is 5.91 Å². The molecular weight excluding hydrogens is 455 g/mol. The van der Waals surface area contributed by atoms with Crippen molar-refractivity contribution in [2.45, 2.75) is 6.61 Å². The average molecular weight is 473 g/mol. The number of nitriles is 1. The molecule has 0 aliphatic carbocycles. The lowest BCUT2D eigenvalue weighted by Crippen LogP contribution is -2.13. The Hall–Kier alpha value is -3.78. The number of halogens is 2. The van der Waals surface area contributed by atoms with Crippen LogP contribution >= 0.6 is 23.2 Å². The summed E-state index contributed by atoms with van der Waals surface area (Å²) in [6.07, 6.45) is 1.52. The maximum absolute atomic E-state index is 12.5. The first-order chi connectivity index (χ1) is 16.0. The molecule has 0 radical (unpaired) electrons. The van der Waals surface area contributed by atoms with E-state index in [1.165, 1.54) is 17.5 Å². The second-order valence-corrected chi connectivity index (χ2v) is 8.06. The highest BCUT2D eigenvalue weighted by Gasteiger charge is 2.11. The Morgan fingerprint density at radius 2 is 1.70 bits per heavy atom. The smallest absolute Gasteiger partial charge is 0.266 e. The van der Waals surface area contributed by atoms with Crippen LogP contribution in [0.1, 0.15) is 11.1 Å². The van der Waals surface area contributed by atoms with E-state index in [2.05, 4.69) is 23.5 Å². The highest BCUT2D eigenvalue weighted by atomic mass is 35.5. The highest BCUT2D eigenvalue weighted by Crippen LogP contribution is 2.25. The highest BCUT2D eigenvalue weighted by molar-refractivity contribution is 6.42. The van der Waals surface area contributed by atoms with Crippen LogP contribution in [0.15, 0.2) is 90.5 Å². The van der Waals surface area contributed by atoms with Gasteiger partial charge < -0.3 is 10.1 Å². The molecular formula is C27H18Cl2N2O2. The summed E-state index contributed by atoms with van der Waals surface area (Å²) in [5, 5.41) is 15.1. The first-order valence-corrected chi connectivity index (χ1v) is 10.9. The largest absolute Gasteiger partial charge is 0.489 e. The quantitative estimate of drug-likeness (QED) is 0.237. The van der Waals surface area contributed by atoms with Crippen LogP contribution in [0.25, 0.3) is 16.8 Å². The summed E-state index contributed by atoms with van der Waals surface area (Å²) in [6.45, 7) is 0.437. The summed E-state index contributed by atoms with van der Waals surface area (Å²) in [5.74, 6) is 0.158. The van der Waals surface area contributed by atoms with Crippen molar-refractivity contribution in [3.63, 3.8) is 0 Å². The Morgan fingerprint density at radius 3 is 2.45 bits per heavy atom. The Balaban J connectivity index is 1.43. The number of hydrogen-bond acceptors (Lipinski definition) is 3. The van der Waals surface area contributed by atoms with Crippen molar-refractivity contribution in [1.29, 1.82) is 5.26 Å². The van der Waals surface area contributed by atoms with E-state index in [0.717, 1.165) is 10.9 Å². The number of hydrogen-bond donors (Lipinski definition) is 1. The lowest BCUT2D eigenvalue weighted by Gasteiger charge is -2.09. The van der Waals surface area contributed by atoms with E-state index >= 15 is 0 Å². The maximum Gasteiger partial charge on any atom is 0.266 e. The molecule has 0 unspecified atom stereocenters. The summed E-state index contributed by atoms with van der Waals surface area (Å²) in [6, 6.07) is 28.2. The summed E-state index contributed by atoms with van der Waals surface area (Å²) < 4.78 is 5.95. The van der Waals surface area contributed by atoms with E-state index in [4.69, 9.17) is 27.9 Å². The van der Waals surface area contributed by atoms with Gasteiger partial charge in [0.2, 0.25) is 0 Å². The molecule has 0 aromatic heterocycles. The van der Waals surface area contributed by atoms with Gasteiger partial charge in [0.1, 0.15) is 24.0 Å². The Morgan fingerprint density at radius 1 is 0.939 bits per heavy atom. The Labute approximate surface area is 201 Å². The first-order valence-electron chi connectivity index (χ1n) is 10.1. The fraction of sp³-hybridized carbons (Fsp3) is 0.0370. The molecule has 0 saturated carbocycles. The fourth-order valence-electron chi connectivity index (χ4n) is 3.33. The Kier molecular flexibility index (Phi) is 6.95. The van der Waals surface area contributed by atoms with Crippen molar-refractivity contribution < 1.29 is 9.53 Å². The number of amides is 1. The second kappa shape index (κ2) is 10.2. The minimum Gasteiger partial charge on any atom is -0.489 e. The third-order valence-electron chi connectivity index (χ3n) is 5.01. The zero-order valence-electron chi connectivity index (χ0n) is 17.4. The first kappa shape index (κ1) is 22.4. The number of benzene rings is 4. The molecule has 1 amide bonds. The minimum absolute atomic E-state index is 0.0366. The molecule has 0 aliphatic heterocycles. The third kappa shape index (κ3) is 5.53. The van der Waals surface area contributed by atoms with E-state index in [1.54, 1.807) is 24.3 Å². The molecule has 4 aromatic rings. The molecule has 0 saturated heterocycles. The maximum atomic E-state index is 12.5. The van der Waals surface area contributed by atoms with Crippen LogP contribution in [0.4, 0.5) is 5.69 Å². The van der Waals surface area contributed by atoms with Crippen LogP contribution < -0.4 is 10.1 Å². The summed E-state index contributed by atoms with van der Waals surface area (Å²) in [5.41, 5.74) is 2.22. The molecule has 0 fully saturated rings. The van der Waals surface area contributed by atoms with E-state index in [1.807, 2.05) is 42.5 Å². The molecule has 4 aromatic carbocycles. The van der Waals surface area contributed by atoms with Crippen molar-refractivity contribution in [2.24, 2.45) is 0 Å². The van der Waals surface area contributed by atoms with Crippen LogP contribution in [-0.2, 0) is 11.4 Å². The molecule has 4 nitrogen and oxygen atoms in total. The van der Waals surface area contributed by atoms with Gasteiger partial charge in [-0.25, -0.2) is 0 Å². The van der Waals surface area contributed by atoms with Crippen LogP contribution in [0.2, 0.25) is 10.0 Å². The molecule has 0 bridgehead atoms. The van der Waals surface area contributed by atoms with E-state index in [0.29, 0.717) is 33.7 Å². The molecule has 0 aliphatic rings. The second-order valence-electron chi connectivity index (χ2n) is 7.25. The zero-order valence-corrected chi connectivity index (χ0v) is 18.9. The number of nitrogens with zero attached hydrogens (tertiary/aromatic N) is 1. The van der Waals surface area contributed by atoms with Gasteiger partial charge in [0.15, 0.2) is 0 Å². The fourth-order valence-corrected chi connectivity index (χ4v) is 3.63. The predicted molar refractivity (Wildman–Crippen MR) is 133 cm³/mol. The standard InChI is InChI=1S/C27H18Cl2N2O2/c28-25-13-10-22(15-26(25)29)31-27(32)21(16-30)14-18-8-11-23(12-9-18)33-17-20-6-3-5-19-4-1-2-7-24(19)20/h1-15H,17H2,(H,31,32)/b21-14+. The number of carbonyl (C=O) groups is 1. The van der Waals surface area contributed by atoms with Gasteiger partial charge in [-0.1, -0.05) is 77.8 Å². The molecule has 0 heterocycles. The number of nitrogens with one attached hydrogen (secondary N) is 1. The normalized spacial score (nSPS) is 11.1. The van der Waals surface area contributed by atoms with Crippen molar-refractivity contribution in [3.8, 4) is 11.8 Å².